The lowest BCUT2D eigenvalue weighted by molar-refractivity contribution is 0.325. The maximum atomic E-state index is 3.72. The van der Waals surface area contributed by atoms with Crippen LogP contribution in [-0.2, 0) is 0 Å². The number of nitrogens with zero attached hydrogens (tertiary/aromatic N) is 1. The molecule has 1 N–H and O–H groups in total. The van der Waals surface area contributed by atoms with Gasteiger partial charge < -0.3 is 10.2 Å². The van der Waals surface area contributed by atoms with Crippen molar-refractivity contribution in [3.05, 3.63) is 34.3 Å². The summed E-state index contributed by atoms with van der Waals surface area (Å²) >= 11 is 3.47. The van der Waals surface area contributed by atoms with Crippen LogP contribution in [0.15, 0.2) is 28.7 Å². The Kier molecular flexibility index (Phi) is 4.23. The van der Waals surface area contributed by atoms with Crippen LogP contribution < -0.4 is 5.32 Å². The van der Waals surface area contributed by atoms with E-state index < -0.39 is 0 Å². The molecule has 2 rings (SSSR count). The summed E-state index contributed by atoms with van der Waals surface area (Å²) in [5.74, 6) is 0. The van der Waals surface area contributed by atoms with Crippen LogP contribution in [0.2, 0.25) is 0 Å². The van der Waals surface area contributed by atoms with Crippen molar-refractivity contribution in [2.24, 2.45) is 0 Å². The average molecular weight is 297 g/mol. The fraction of sp³-hybridized carbons (Fsp3) is 0.571. The maximum absolute atomic E-state index is 3.72. The van der Waals surface area contributed by atoms with Crippen molar-refractivity contribution in [2.45, 2.75) is 38.4 Å². The van der Waals surface area contributed by atoms with Crippen LogP contribution in [0.1, 0.15) is 31.9 Å². The molecule has 1 aliphatic rings. The molecular formula is C14H21BrN2. The molecule has 1 heterocycles. The van der Waals surface area contributed by atoms with Crippen LogP contribution in [0.4, 0.5) is 0 Å². The molecule has 94 valence electrons. The normalized spacial score (nSPS) is 27.3. The molecule has 17 heavy (non-hydrogen) atoms. The second-order valence-corrected chi connectivity index (χ2v) is 6.08. The predicted molar refractivity (Wildman–Crippen MR) is 76.2 cm³/mol. The minimum atomic E-state index is 0.423. The van der Waals surface area contributed by atoms with E-state index in [1.54, 1.807) is 0 Å². The second-order valence-electron chi connectivity index (χ2n) is 5.16. The molecule has 0 aromatic heterocycles. The van der Waals surface area contributed by atoms with Crippen LogP contribution >= 0.6 is 15.9 Å². The molecule has 2 nitrogen and oxygen atoms in total. The number of nitrogens with one attached hydrogen (secondary N) is 1. The SMILES string of the molecule is CC1CC(N[C@H](C)c2ccc(Br)cc2)CN1C. The van der Waals surface area contributed by atoms with Crippen molar-refractivity contribution >= 4 is 15.9 Å². The lowest BCUT2D eigenvalue weighted by atomic mass is 10.1. The summed E-state index contributed by atoms with van der Waals surface area (Å²) in [6, 6.07) is 10.3. The first-order chi connectivity index (χ1) is 8.06. The Morgan fingerprint density at radius 3 is 2.53 bits per heavy atom. The minimum absolute atomic E-state index is 0.423. The van der Waals surface area contributed by atoms with Gasteiger partial charge in [-0.05, 0) is 45.0 Å². The lowest BCUT2D eigenvalue weighted by Gasteiger charge is -2.19. The highest BCUT2D eigenvalue weighted by Gasteiger charge is 2.26. The van der Waals surface area contributed by atoms with Crippen LogP contribution in [0.25, 0.3) is 0 Å². The van der Waals surface area contributed by atoms with E-state index in [1.807, 2.05) is 0 Å². The molecule has 1 aromatic rings. The van der Waals surface area contributed by atoms with Gasteiger partial charge in [-0.1, -0.05) is 28.1 Å². The summed E-state index contributed by atoms with van der Waals surface area (Å²) in [5, 5.41) is 3.72. The topological polar surface area (TPSA) is 15.3 Å². The third kappa shape index (κ3) is 3.30. The van der Waals surface area contributed by atoms with Crippen LogP contribution in [0.3, 0.4) is 0 Å². The third-order valence-electron chi connectivity index (χ3n) is 3.74. The Morgan fingerprint density at radius 1 is 1.35 bits per heavy atom. The van der Waals surface area contributed by atoms with E-state index in [0.717, 1.165) is 11.0 Å². The molecule has 1 aromatic carbocycles. The molecule has 1 aliphatic heterocycles. The third-order valence-corrected chi connectivity index (χ3v) is 4.27. The highest BCUT2D eigenvalue weighted by Crippen LogP contribution is 2.21. The molecular weight excluding hydrogens is 276 g/mol. The van der Waals surface area contributed by atoms with E-state index in [2.05, 4.69) is 71.3 Å². The fourth-order valence-corrected chi connectivity index (χ4v) is 2.78. The van der Waals surface area contributed by atoms with Gasteiger partial charge in [0.2, 0.25) is 0 Å². The van der Waals surface area contributed by atoms with E-state index in [0.29, 0.717) is 18.1 Å². The molecule has 0 radical (unpaired) electrons. The summed E-state index contributed by atoms with van der Waals surface area (Å²) in [7, 11) is 2.21. The van der Waals surface area contributed by atoms with Gasteiger partial charge in [0.1, 0.15) is 0 Å². The van der Waals surface area contributed by atoms with Crippen molar-refractivity contribution < 1.29 is 0 Å². The highest BCUT2D eigenvalue weighted by atomic mass is 79.9. The van der Waals surface area contributed by atoms with Gasteiger partial charge in [-0.3, -0.25) is 0 Å². The number of halogens is 1. The van der Waals surface area contributed by atoms with E-state index >= 15 is 0 Å². The minimum Gasteiger partial charge on any atom is -0.306 e. The lowest BCUT2D eigenvalue weighted by Crippen LogP contribution is -2.33. The Bertz CT molecular complexity index is 353. The van der Waals surface area contributed by atoms with Gasteiger partial charge >= 0.3 is 0 Å². The molecule has 1 fully saturated rings. The summed E-state index contributed by atoms with van der Waals surface area (Å²) in [5.41, 5.74) is 1.36. The summed E-state index contributed by atoms with van der Waals surface area (Å²) in [4.78, 5) is 2.42. The molecule has 0 aliphatic carbocycles. The highest BCUT2D eigenvalue weighted by molar-refractivity contribution is 9.10. The quantitative estimate of drug-likeness (QED) is 0.921. The second kappa shape index (κ2) is 5.51. The van der Waals surface area contributed by atoms with Gasteiger partial charge in [0.05, 0.1) is 0 Å². The number of benzene rings is 1. The van der Waals surface area contributed by atoms with Gasteiger partial charge in [0, 0.05) is 29.1 Å². The predicted octanol–water partition coefficient (Wildman–Crippen LogP) is 3.19. The van der Waals surface area contributed by atoms with Gasteiger partial charge in [0.15, 0.2) is 0 Å². The molecule has 0 saturated carbocycles. The average Bonchev–Trinajstić information content (AvgIpc) is 2.58. The zero-order valence-electron chi connectivity index (χ0n) is 10.8. The molecule has 1 saturated heterocycles. The molecule has 0 bridgehead atoms. The van der Waals surface area contributed by atoms with Crippen molar-refractivity contribution in [3.63, 3.8) is 0 Å². The van der Waals surface area contributed by atoms with Crippen LogP contribution in [0.5, 0.6) is 0 Å². The van der Waals surface area contributed by atoms with Crippen molar-refractivity contribution in [1.82, 2.24) is 10.2 Å². The van der Waals surface area contributed by atoms with Crippen molar-refractivity contribution in [1.29, 1.82) is 0 Å². The maximum Gasteiger partial charge on any atom is 0.0294 e. The monoisotopic (exact) mass is 296 g/mol. The first-order valence-electron chi connectivity index (χ1n) is 6.28. The number of rotatable bonds is 3. The Morgan fingerprint density at radius 2 is 2.00 bits per heavy atom. The number of hydrogen-bond acceptors (Lipinski definition) is 2. The van der Waals surface area contributed by atoms with Crippen molar-refractivity contribution in [3.8, 4) is 0 Å². The molecule has 3 atom stereocenters. The fourth-order valence-electron chi connectivity index (χ4n) is 2.52. The van der Waals surface area contributed by atoms with E-state index in [4.69, 9.17) is 0 Å². The van der Waals surface area contributed by atoms with Gasteiger partial charge in [-0.25, -0.2) is 0 Å². The van der Waals surface area contributed by atoms with E-state index in [9.17, 15) is 0 Å². The summed E-state index contributed by atoms with van der Waals surface area (Å²) in [6.45, 7) is 5.69. The molecule has 0 amide bonds. The van der Waals surface area contributed by atoms with Crippen LogP contribution in [0, 0.1) is 0 Å². The smallest absolute Gasteiger partial charge is 0.0294 e. The van der Waals surface area contributed by atoms with Gasteiger partial charge in [-0.2, -0.15) is 0 Å². The largest absolute Gasteiger partial charge is 0.306 e. The van der Waals surface area contributed by atoms with Gasteiger partial charge in [0.25, 0.3) is 0 Å². The van der Waals surface area contributed by atoms with E-state index in [1.165, 1.54) is 12.0 Å². The standard InChI is InChI=1S/C14H21BrN2/c1-10-8-14(9-17(10)3)16-11(2)12-4-6-13(15)7-5-12/h4-7,10-11,14,16H,8-9H2,1-3H3/t10?,11-,14?/m1/s1. The van der Waals surface area contributed by atoms with Gasteiger partial charge in [-0.15, -0.1) is 0 Å². The zero-order valence-corrected chi connectivity index (χ0v) is 12.4. The Balaban J connectivity index is 1.93. The van der Waals surface area contributed by atoms with Crippen molar-refractivity contribution in [2.75, 3.05) is 13.6 Å². The summed E-state index contributed by atoms with van der Waals surface area (Å²) in [6.07, 6.45) is 1.25. The zero-order chi connectivity index (χ0) is 12.4. The molecule has 3 heteroatoms. The first-order valence-corrected chi connectivity index (χ1v) is 7.07. The Hall–Kier alpha value is -0.380. The number of likely N-dealkylation sites (tertiary alicyclic amines) is 1. The first kappa shape index (κ1) is 13.1. The molecule has 2 unspecified atom stereocenters. The Labute approximate surface area is 113 Å². The van der Waals surface area contributed by atoms with E-state index in [-0.39, 0.29) is 0 Å². The molecule has 0 spiro atoms. The summed E-state index contributed by atoms with van der Waals surface area (Å²) < 4.78 is 1.14. The number of likely N-dealkylation sites (N-methyl/N-ethyl adjacent to an activating group) is 1. The number of hydrogen-bond donors (Lipinski definition) is 1. The van der Waals surface area contributed by atoms with Crippen LogP contribution in [-0.4, -0.2) is 30.6 Å².